The van der Waals surface area contributed by atoms with Crippen LogP contribution in [0.5, 0.6) is 0 Å². The van der Waals surface area contributed by atoms with E-state index in [9.17, 15) is 8.42 Å². The van der Waals surface area contributed by atoms with Crippen LogP contribution >= 0.6 is 24.8 Å². The molecule has 136 valence electrons. The van der Waals surface area contributed by atoms with E-state index in [0.717, 1.165) is 30.2 Å². The lowest BCUT2D eigenvalue weighted by atomic mass is 10.2. The van der Waals surface area contributed by atoms with Crippen LogP contribution in [0.15, 0.2) is 41.6 Å². The minimum atomic E-state index is -3.50. The molecule has 0 spiro atoms. The number of halogens is 2. The van der Waals surface area contributed by atoms with Gasteiger partial charge in [-0.05, 0) is 43.5 Å². The molecule has 8 heteroatoms. The highest BCUT2D eigenvalue weighted by Crippen LogP contribution is 2.18. The highest BCUT2D eigenvalue weighted by atomic mass is 35.5. The molecule has 0 amide bonds. The molecule has 0 unspecified atom stereocenters. The van der Waals surface area contributed by atoms with E-state index in [2.05, 4.69) is 21.9 Å². The summed E-state index contributed by atoms with van der Waals surface area (Å²) in [7, 11) is -3.50. The van der Waals surface area contributed by atoms with E-state index in [1.165, 1.54) is 0 Å². The van der Waals surface area contributed by atoms with Crippen molar-refractivity contribution in [2.75, 3.05) is 13.1 Å². The van der Waals surface area contributed by atoms with Gasteiger partial charge in [-0.2, -0.15) is 0 Å². The molecule has 1 aromatic heterocycles. The molecule has 1 atom stereocenters. The van der Waals surface area contributed by atoms with Crippen molar-refractivity contribution < 1.29 is 8.42 Å². The van der Waals surface area contributed by atoms with Gasteiger partial charge in [0.1, 0.15) is 0 Å². The Hall–Kier alpha value is -0.920. The zero-order valence-corrected chi connectivity index (χ0v) is 16.3. The van der Waals surface area contributed by atoms with E-state index in [4.69, 9.17) is 0 Å². The Bertz CT molecular complexity index is 726. The van der Waals surface area contributed by atoms with Crippen molar-refractivity contribution in [2.45, 2.75) is 37.6 Å². The van der Waals surface area contributed by atoms with Crippen LogP contribution in [0.3, 0.4) is 0 Å². The molecule has 0 fully saturated rings. The van der Waals surface area contributed by atoms with Gasteiger partial charge < -0.3 is 5.32 Å². The summed E-state index contributed by atoms with van der Waals surface area (Å²) in [5, 5.41) is 5.05. The first kappa shape index (κ1) is 23.1. The number of sulfonamides is 1. The number of unbranched alkanes of at least 4 members (excludes halogenated alkanes) is 1. The molecule has 0 aliphatic heterocycles. The minimum Gasteiger partial charge on any atom is -0.315 e. The number of pyridine rings is 1. The molecule has 0 saturated heterocycles. The van der Waals surface area contributed by atoms with E-state index in [1.54, 1.807) is 30.6 Å². The van der Waals surface area contributed by atoms with E-state index in [1.807, 2.05) is 13.0 Å². The Kier molecular flexibility index (Phi) is 10.4. The van der Waals surface area contributed by atoms with Crippen LogP contribution in [0.1, 0.15) is 26.7 Å². The Morgan fingerprint density at radius 2 is 1.92 bits per heavy atom. The van der Waals surface area contributed by atoms with Gasteiger partial charge in [-0.3, -0.25) is 4.98 Å². The standard InChI is InChI=1S/C16H23N3O2S.2ClH/c1-3-4-8-17-11-13(2)19-22(20,21)16-6-5-15-12-18-9-7-14(15)10-16;;/h5-7,9-10,12-13,17,19H,3-4,8,11H2,1-2H3;2*1H/t13-;;/m0../s1. The predicted octanol–water partition coefficient (Wildman–Crippen LogP) is 3.13. The third kappa shape index (κ3) is 6.53. The molecule has 0 saturated carbocycles. The summed E-state index contributed by atoms with van der Waals surface area (Å²) < 4.78 is 27.5. The number of aromatic nitrogens is 1. The number of hydrogen-bond donors (Lipinski definition) is 2. The number of nitrogens with one attached hydrogen (secondary N) is 2. The summed E-state index contributed by atoms with van der Waals surface area (Å²) in [6.07, 6.45) is 5.60. The van der Waals surface area contributed by atoms with Gasteiger partial charge in [0.2, 0.25) is 10.0 Å². The van der Waals surface area contributed by atoms with Crippen LogP contribution in [0.4, 0.5) is 0 Å². The zero-order chi connectivity index (χ0) is 16.0. The molecule has 0 radical (unpaired) electrons. The van der Waals surface area contributed by atoms with E-state index in [0.29, 0.717) is 6.54 Å². The van der Waals surface area contributed by atoms with Crippen molar-refractivity contribution in [3.05, 3.63) is 36.7 Å². The van der Waals surface area contributed by atoms with Crippen molar-refractivity contribution in [3.63, 3.8) is 0 Å². The summed E-state index contributed by atoms with van der Waals surface area (Å²) in [6.45, 7) is 5.52. The van der Waals surface area contributed by atoms with Crippen molar-refractivity contribution in [1.82, 2.24) is 15.0 Å². The lowest BCUT2D eigenvalue weighted by molar-refractivity contribution is 0.531. The van der Waals surface area contributed by atoms with Crippen molar-refractivity contribution in [2.24, 2.45) is 0 Å². The average molecular weight is 394 g/mol. The maximum atomic E-state index is 12.4. The lowest BCUT2D eigenvalue weighted by Gasteiger charge is -2.15. The quantitative estimate of drug-likeness (QED) is 0.675. The van der Waals surface area contributed by atoms with Crippen molar-refractivity contribution in [1.29, 1.82) is 0 Å². The summed E-state index contributed by atoms with van der Waals surface area (Å²) in [4.78, 5) is 4.31. The van der Waals surface area contributed by atoms with Gasteiger partial charge in [-0.1, -0.05) is 19.4 Å². The van der Waals surface area contributed by atoms with Gasteiger partial charge in [0.25, 0.3) is 0 Å². The van der Waals surface area contributed by atoms with Crippen LogP contribution in [0, 0.1) is 0 Å². The third-order valence-electron chi connectivity index (χ3n) is 3.44. The van der Waals surface area contributed by atoms with Gasteiger partial charge >= 0.3 is 0 Å². The first-order chi connectivity index (χ1) is 10.5. The second-order valence-corrected chi connectivity index (χ2v) is 7.18. The molecule has 24 heavy (non-hydrogen) atoms. The summed E-state index contributed by atoms with van der Waals surface area (Å²) >= 11 is 0. The van der Waals surface area contributed by atoms with E-state index < -0.39 is 10.0 Å². The number of fused-ring (bicyclic) bond motifs is 1. The zero-order valence-electron chi connectivity index (χ0n) is 13.9. The molecule has 1 heterocycles. The average Bonchev–Trinajstić information content (AvgIpc) is 2.50. The fourth-order valence-corrected chi connectivity index (χ4v) is 3.50. The van der Waals surface area contributed by atoms with Gasteiger partial charge in [-0.25, -0.2) is 13.1 Å². The second-order valence-electron chi connectivity index (χ2n) is 5.46. The van der Waals surface area contributed by atoms with Gasteiger partial charge in [0.15, 0.2) is 0 Å². The Morgan fingerprint density at radius 1 is 1.17 bits per heavy atom. The second kappa shape index (κ2) is 10.8. The van der Waals surface area contributed by atoms with Crippen LogP contribution in [0.2, 0.25) is 0 Å². The maximum absolute atomic E-state index is 12.4. The highest BCUT2D eigenvalue weighted by molar-refractivity contribution is 7.89. The van der Waals surface area contributed by atoms with Crippen LogP contribution in [0.25, 0.3) is 10.8 Å². The Morgan fingerprint density at radius 3 is 2.62 bits per heavy atom. The fourth-order valence-electron chi connectivity index (χ4n) is 2.22. The topological polar surface area (TPSA) is 71.1 Å². The molecule has 0 bridgehead atoms. The minimum absolute atomic E-state index is 0. The Balaban J connectivity index is 0.00000264. The van der Waals surface area contributed by atoms with Crippen molar-refractivity contribution >= 4 is 45.6 Å². The third-order valence-corrected chi connectivity index (χ3v) is 5.02. The molecule has 2 rings (SSSR count). The number of nitrogens with zero attached hydrogens (tertiary/aromatic N) is 1. The largest absolute Gasteiger partial charge is 0.315 e. The molecule has 5 nitrogen and oxygen atoms in total. The molecular formula is C16H25Cl2N3O2S. The van der Waals surface area contributed by atoms with Gasteiger partial charge in [0.05, 0.1) is 4.90 Å². The summed E-state index contributed by atoms with van der Waals surface area (Å²) in [5.74, 6) is 0. The smallest absolute Gasteiger partial charge is 0.240 e. The number of rotatable bonds is 8. The first-order valence-corrected chi connectivity index (χ1v) is 9.08. The fraction of sp³-hybridized carbons (Fsp3) is 0.438. The monoisotopic (exact) mass is 393 g/mol. The summed E-state index contributed by atoms with van der Waals surface area (Å²) in [5.41, 5.74) is 0. The SMILES string of the molecule is CCCCNC[C@H](C)NS(=O)(=O)c1ccc2cnccc2c1.Cl.Cl. The van der Waals surface area contributed by atoms with Crippen molar-refractivity contribution in [3.8, 4) is 0 Å². The molecular weight excluding hydrogens is 369 g/mol. The number of benzene rings is 1. The lowest BCUT2D eigenvalue weighted by Crippen LogP contribution is -2.40. The molecule has 2 aromatic rings. The van der Waals surface area contributed by atoms with E-state index in [-0.39, 0.29) is 35.8 Å². The van der Waals surface area contributed by atoms with Crippen LogP contribution < -0.4 is 10.0 Å². The molecule has 2 N–H and O–H groups in total. The normalized spacial score (nSPS) is 12.2. The summed E-state index contributed by atoms with van der Waals surface area (Å²) in [6, 6.07) is 6.72. The van der Waals surface area contributed by atoms with Crippen LogP contribution in [-0.4, -0.2) is 32.5 Å². The Labute approximate surface area is 156 Å². The molecule has 0 aliphatic carbocycles. The van der Waals surface area contributed by atoms with Crippen LogP contribution in [-0.2, 0) is 10.0 Å². The maximum Gasteiger partial charge on any atom is 0.240 e. The number of hydrogen-bond acceptors (Lipinski definition) is 4. The van der Waals surface area contributed by atoms with Gasteiger partial charge in [-0.15, -0.1) is 24.8 Å². The first-order valence-electron chi connectivity index (χ1n) is 7.60. The highest BCUT2D eigenvalue weighted by Gasteiger charge is 2.17. The van der Waals surface area contributed by atoms with Gasteiger partial charge in [0, 0.05) is 30.4 Å². The predicted molar refractivity (Wildman–Crippen MR) is 104 cm³/mol. The van der Waals surface area contributed by atoms with E-state index >= 15 is 0 Å². The molecule has 1 aromatic carbocycles. The molecule has 0 aliphatic rings.